The van der Waals surface area contributed by atoms with Crippen LogP contribution < -0.4 is 0 Å². The maximum Gasteiger partial charge on any atom is 0.167 e. The first-order valence-electron chi connectivity index (χ1n) is 6.47. The van der Waals surface area contributed by atoms with Gasteiger partial charge in [-0.05, 0) is 51.1 Å². The van der Waals surface area contributed by atoms with Crippen molar-refractivity contribution in [2.75, 3.05) is 7.05 Å². The van der Waals surface area contributed by atoms with Gasteiger partial charge in [-0.1, -0.05) is 0 Å². The highest BCUT2D eigenvalue weighted by Crippen LogP contribution is 2.39. The zero-order valence-electron chi connectivity index (χ0n) is 10.5. The number of Topliss-reactive ketones (excluding diaryl/α,β-unsaturated/α-hetero) is 1. The Balaban J connectivity index is 1.79. The largest absolute Gasteiger partial charge is 0.300 e. The van der Waals surface area contributed by atoms with Crippen LogP contribution in [-0.2, 0) is 0 Å². The molecule has 0 aromatic carbocycles. The standard InChI is InChI=1S/C14H19NOS/c1-9-13(5-6-17-9)14(16)10-7-11-3-4-12(8-10)15(11)2/h5-6,10-12H,3-4,7-8H2,1-2H3. The predicted molar refractivity (Wildman–Crippen MR) is 70.7 cm³/mol. The van der Waals surface area contributed by atoms with Gasteiger partial charge in [0.1, 0.15) is 0 Å². The van der Waals surface area contributed by atoms with Gasteiger partial charge < -0.3 is 4.90 Å². The number of aryl methyl sites for hydroxylation is 1. The molecule has 2 bridgehead atoms. The number of fused-ring (bicyclic) bond motifs is 2. The summed E-state index contributed by atoms with van der Waals surface area (Å²) in [6.07, 6.45) is 4.71. The predicted octanol–water partition coefficient (Wildman–Crippen LogP) is 3.11. The molecule has 2 aliphatic rings. The minimum Gasteiger partial charge on any atom is -0.300 e. The zero-order chi connectivity index (χ0) is 12.0. The Kier molecular flexibility index (Phi) is 2.83. The molecule has 0 radical (unpaired) electrons. The van der Waals surface area contributed by atoms with E-state index in [-0.39, 0.29) is 5.92 Å². The van der Waals surface area contributed by atoms with E-state index in [0.717, 1.165) is 18.4 Å². The Labute approximate surface area is 107 Å². The Morgan fingerprint density at radius 3 is 2.53 bits per heavy atom. The molecule has 3 heteroatoms. The average molecular weight is 249 g/mol. The monoisotopic (exact) mass is 249 g/mol. The smallest absolute Gasteiger partial charge is 0.167 e. The Morgan fingerprint density at radius 2 is 2.00 bits per heavy atom. The van der Waals surface area contributed by atoms with E-state index in [0.29, 0.717) is 17.9 Å². The summed E-state index contributed by atoms with van der Waals surface area (Å²) >= 11 is 1.68. The maximum atomic E-state index is 12.5. The van der Waals surface area contributed by atoms with E-state index >= 15 is 0 Å². The van der Waals surface area contributed by atoms with Crippen molar-refractivity contribution < 1.29 is 4.79 Å². The van der Waals surface area contributed by atoms with Crippen molar-refractivity contribution in [2.45, 2.75) is 44.7 Å². The molecule has 2 aliphatic heterocycles. The summed E-state index contributed by atoms with van der Waals surface area (Å²) in [7, 11) is 2.22. The molecule has 1 aromatic heterocycles. The van der Waals surface area contributed by atoms with Crippen molar-refractivity contribution in [3.8, 4) is 0 Å². The highest BCUT2D eigenvalue weighted by molar-refractivity contribution is 7.10. The number of carbonyl (C=O) groups is 1. The summed E-state index contributed by atoms with van der Waals surface area (Å²) in [5, 5.41) is 2.03. The van der Waals surface area contributed by atoms with Gasteiger partial charge in [0.2, 0.25) is 0 Å². The fourth-order valence-electron chi connectivity index (χ4n) is 3.49. The summed E-state index contributed by atoms with van der Waals surface area (Å²) in [5.74, 6) is 0.672. The minimum absolute atomic E-state index is 0.275. The van der Waals surface area contributed by atoms with Crippen LogP contribution in [-0.4, -0.2) is 29.8 Å². The van der Waals surface area contributed by atoms with E-state index in [4.69, 9.17) is 0 Å². The molecule has 2 saturated heterocycles. The van der Waals surface area contributed by atoms with Crippen LogP contribution in [0.1, 0.15) is 40.9 Å². The first kappa shape index (κ1) is 11.4. The molecule has 2 atom stereocenters. The molecule has 0 spiro atoms. The van der Waals surface area contributed by atoms with Crippen LogP contribution >= 0.6 is 11.3 Å². The molecule has 0 N–H and O–H groups in total. The van der Waals surface area contributed by atoms with Crippen LogP contribution in [0.15, 0.2) is 11.4 Å². The van der Waals surface area contributed by atoms with E-state index in [1.165, 1.54) is 17.7 Å². The summed E-state index contributed by atoms with van der Waals surface area (Å²) in [6, 6.07) is 3.31. The summed E-state index contributed by atoms with van der Waals surface area (Å²) in [5.41, 5.74) is 0.976. The third kappa shape index (κ3) is 1.85. The molecular weight excluding hydrogens is 230 g/mol. The quantitative estimate of drug-likeness (QED) is 0.751. The number of ketones is 1. The molecule has 1 aromatic rings. The Morgan fingerprint density at radius 1 is 1.35 bits per heavy atom. The molecule has 0 aliphatic carbocycles. The first-order chi connectivity index (χ1) is 8.16. The fraction of sp³-hybridized carbons (Fsp3) is 0.643. The molecule has 2 unspecified atom stereocenters. The number of thiophene rings is 1. The van der Waals surface area contributed by atoms with Crippen LogP contribution in [0, 0.1) is 12.8 Å². The average Bonchev–Trinajstić information content (AvgIpc) is 2.79. The van der Waals surface area contributed by atoms with Crippen LogP contribution in [0.3, 0.4) is 0 Å². The van der Waals surface area contributed by atoms with Gasteiger partial charge in [-0.2, -0.15) is 0 Å². The van der Waals surface area contributed by atoms with Crippen molar-refractivity contribution in [1.29, 1.82) is 0 Å². The molecular formula is C14H19NOS. The van der Waals surface area contributed by atoms with Crippen LogP contribution in [0.2, 0.25) is 0 Å². The highest BCUT2D eigenvalue weighted by Gasteiger charge is 2.41. The third-order valence-electron chi connectivity index (χ3n) is 4.59. The first-order valence-corrected chi connectivity index (χ1v) is 7.35. The highest BCUT2D eigenvalue weighted by atomic mass is 32.1. The third-order valence-corrected chi connectivity index (χ3v) is 5.44. The number of rotatable bonds is 2. The fourth-order valence-corrected chi connectivity index (χ4v) is 4.19. The van der Waals surface area contributed by atoms with Crippen molar-refractivity contribution in [2.24, 2.45) is 5.92 Å². The van der Waals surface area contributed by atoms with Crippen molar-refractivity contribution in [3.05, 3.63) is 21.9 Å². The number of carbonyl (C=O) groups excluding carboxylic acids is 1. The van der Waals surface area contributed by atoms with E-state index in [1.54, 1.807) is 11.3 Å². The normalized spacial score (nSPS) is 32.9. The molecule has 0 saturated carbocycles. The van der Waals surface area contributed by atoms with Crippen LogP contribution in [0.5, 0.6) is 0 Å². The summed E-state index contributed by atoms with van der Waals surface area (Å²) in [6.45, 7) is 2.06. The van der Waals surface area contributed by atoms with E-state index in [2.05, 4.69) is 18.9 Å². The lowest BCUT2D eigenvalue weighted by Gasteiger charge is -2.35. The lowest BCUT2D eigenvalue weighted by Crippen LogP contribution is -2.42. The van der Waals surface area contributed by atoms with Gasteiger partial charge in [-0.15, -0.1) is 11.3 Å². The number of hydrogen-bond donors (Lipinski definition) is 0. The maximum absolute atomic E-state index is 12.5. The van der Waals surface area contributed by atoms with Gasteiger partial charge in [0, 0.05) is 28.4 Å². The topological polar surface area (TPSA) is 20.3 Å². The molecule has 17 heavy (non-hydrogen) atoms. The second kappa shape index (κ2) is 4.21. The second-order valence-corrected chi connectivity index (χ2v) is 6.59. The molecule has 2 nitrogen and oxygen atoms in total. The van der Waals surface area contributed by atoms with E-state index < -0.39 is 0 Å². The van der Waals surface area contributed by atoms with Gasteiger partial charge in [0.15, 0.2) is 5.78 Å². The van der Waals surface area contributed by atoms with E-state index in [9.17, 15) is 4.79 Å². The molecule has 2 fully saturated rings. The minimum atomic E-state index is 0.275. The lowest BCUT2D eigenvalue weighted by atomic mass is 9.85. The zero-order valence-corrected chi connectivity index (χ0v) is 11.3. The molecule has 3 heterocycles. The van der Waals surface area contributed by atoms with Crippen LogP contribution in [0.4, 0.5) is 0 Å². The van der Waals surface area contributed by atoms with Crippen molar-refractivity contribution >= 4 is 17.1 Å². The molecule has 3 rings (SSSR count). The Bertz CT molecular complexity index is 425. The SMILES string of the molecule is Cc1sccc1C(=O)C1CC2CCC(C1)N2C. The number of nitrogens with zero attached hydrogens (tertiary/aromatic N) is 1. The van der Waals surface area contributed by atoms with Crippen molar-refractivity contribution in [3.63, 3.8) is 0 Å². The van der Waals surface area contributed by atoms with Crippen molar-refractivity contribution in [1.82, 2.24) is 4.90 Å². The van der Waals surface area contributed by atoms with Gasteiger partial charge in [0.25, 0.3) is 0 Å². The number of hydrogen-bond acceptors (Lipinski definition) is 3. The van der Waals surface area contributed by atoms with Gasteiger partial charge in [-0.3, -0.25) is 4.79 Å². The second-order valence-electron chi connectivity index (χ2n) is 5.47. The van der Waals surface area contributed by atoms with Crippen LogP contribution in [0.25, 0.3) is 0 Å². The lowest BCUT2D eigenvalue weighted by molar-refractivity contribution is 0.0767. The molecule has 0 amide bonds. The van der Waals surface area contributed by atoms with E-state index in [1.807, 2.05) is 11.4 Å². The van der Waals surface area contributed by atoms with Gasteiger partial charge >= 0.3 is 0 Å². The van der Waals surface area contributed by atoms with Gasteiger partial charge in [-0.25, -0.2) is 0 Å². The number of piperidine rings is 1. The summed E-state index contributed by atoms with van der Waals surface area (Å²) in [4.78, 5) is 16.2. The van der Waals surface area contributed by atoms with Gasteiger partial charge in [0.05, 0.1) is 0 Å². The Hall–Kier alpha value is -0.670. The summed E-state index contributed by atoms with van der Waals surface area (Å²) < 4.78 is 0. The molecule has 92 valence electrons.